The molecule has 2 heteroatoms. The summed E-state index contributed by atoms with van der Waals surface area (Å²) in [6.07, 6.45) is 5.32. The van der Waals surface area contributed by atoms with E-state index in [2.05, 4.69) is 6.92 Å². The van der Waals surface area contributed by atoms with Crippen molar-refractivity contribution in [1.82, 2.24) is 0 Å². The molecule has 0 aromatic rings. The number of epoxide rings is 1. The Morgan fingerprint density at radius 3 is 2.45 bits per heavy atom. The zero-order valence-corrected chi connectivity index (χ0v) is 6.99. The van der Waals surface area contributed by atoms with Crippen LogP contribution in [0.5, 0.6) is 0 Å². The Morgan fingerprint density at radius 1 is 1.27 bits per heavy atom. The normalized spacial score (nSPS) is 50.7. The molecule has 4 atom stereocenters. The van der Waals surface area contributed by atoms with Gasteiger partial charge >= 0.3 is 0 Å². The van der Waals surface area contributed by atoms with E-state index >= 15 is 0 Å². The molecule has 1 aliphatic carbocycles. The summed E-state index contributed by atoms with van der Waals surface area (Å²) in [6, 6.07) is 0. The fourth-order valence-electron chi connectivity index (χ4n) is 2.17. The smallest absolute Gasteiger partial charge is 0.0891 e. The molecule has 2 nitrogen and oxygen atoms in total. The molecule has 0 aromatic heterocycles. The Balaban J connectivity index is 1.90. The Labute approximate surface area is 67.6 Å². The molecule has 2 fully saturated rings. The number of aliphatic hydroxyl groups excluding tert-OH is 1. The molecule has 0 bridgehead atoms. The fraction of sp³-hybridized carbons (Fsp3) is 1.00. The zero-order chi connectivity index (χ0) is 7.84. The van der Waals surface area contributed by atoms with E-state index in [9.17, 15) is 5.11 Å². The van der Waals surface area contributed by atoms with Gasteiger partial charge in [-0.15, -0.1) is 0 Å². The number of ether oxygens (including phenoxy) is 1. The Kier molecular flexibility index (Phi) is 1.90. The van der Waals surface area contributed by atoms with Gasteiger partial charge in [0.1, 0.15) is 0 Å². The minimum absolute atomic E-state index is 0.0845. The molecule has 0 aromatic carbocycles. The summed E-state index contributed by atoms with van der Waals surface area (Å²) in [5.74, 6) is 0.443. The van der Waals surface area contributed by atoms with E-state index in [1.165, 1.54) is 12.8 Å². The molecular weight excluding hydrogens is 140 g/mol. The van der Waals surface area contributed by atoms with Gasteiger partial charge in [-0.05, 0) is 19.8 Å². The van der Waals surface area contributed by atoms with Crippen molar-refractivity contribution in [1.29, 1.82) is 0 Å². The van der Waals surface area contributed by atoms with Crippen molar-refractivity contribution in [2.24, 2.45) is 5.92 Å². The maximum atomic E-state index is 9.62. The predicted molar refractivity (Wildman–Crippen MR) is 42.3 cm³/mol. The third kappa shape index (κ3) is 1.42. The molecule has 2 aliphatic rings. The van der Waals surface area contributed by atoms with Crippen LogP contribution in [0.1, 0.15) is 32.6 Å². The summed E-state index contributed by atoms with van der Waals surface area (Å²) in [7, 11) is 0. The van der Waals surface area contributed by atoms with Crippen LogP contribution in [0.25, 0.3) is 0 Å². The molecule has 4 unspecified atom stereocenters. The zero-order valence-electron chi connectivity index (χ0n) is 6.99. The van der Waals surface area contributed by atoms with Crippen molar-refractivity contribution in [2.45, 2.75) is 50.9 Å². The molecule has 11 heavy (non-hydrogen) atoms. The maximum absolute atomic E-state index is 9.62. The molecule has 2 rings (SSSR count). The van der Waals surface area contributed by atoms with E-state index in [-0.39, 0.29) is 6.10 Å². The lowest BCUT2D eigenvalue weighted by Crippen LogP contribution is -2.29. The molecule has 1 heterocycles. The molecule has 1 N–H and O–H groups in total. The number of aliphatic hydroxyl groups is 1. The predicted octanol–water partition coefficient (Wildman–Crippen LogP) is 1.32. The van der Waals surface area contributed by atoms with Crippen LogP contribution in [0.15, 0.2) is 0 Å². The number of hydrogen-bond donors (Lipinski definition) is 1. The van der Waals surface area contributed by atoms with Gasteiger partial charge in [0.25, 0.3) is 0 Å². The average molecular weight is 156 g/mol. The second-order valence-corrected chi connectivity index (χ2v) is 3.82. The fourth-order valence-corrected chi connectivity index (χ4v) is 2.17. The molecule has 64 valence electrons. The Morgan fingerprint density at radius 2 is 1.91 bits per heavy atom. The van der Waals surface area contributed by atoms with Crippen molar-refractivity contribution >= 4 is 0 Å². The first kappa shape index (κ1) is 7.56. The number of rotatable bonds is 1. The van der Waals surface area contributed by atoms with Crippen LogP contribution >= 0.6 is 0 Å². The first-order valence-corrected chi connectivity index (χ1v) is 4.62. The Hall–Kier alpha value is -0.0800. The van der Waals surface area contributed by atoms with Gasteiger partial charge in [0.05, 0.1) is 18.3 Å². The van der Waals surface area contributed by atoms with E-state index in [1.54, 1.807) is 0 Å². The van der Waals surface area contributed by atoms with Crippen molar-refractivity contribution in [3.05, 3.63) is 0 Å². The first-order chi connectivity index (χ1) is 5.29. The molecule has 0 amide bonds. The van der Waals surface area contributed by atoms with Crippen LogP contribution in [0.3, 0.4) is 0 Å². The lowest BCUT2D eigenvalue weighted by Gasteiger charge is -2.25. The molecule has 1 saturated carbocycles. The van der Waals surface area contributed by atoms with Crippen molar-refractivity contribution in [2.75, 3.05) is 0 Å². The summed E-state index contributed by atoms with van der Waals surface area (Å²) in [5, 5.41) is 9.62. The van der Waals surface area contributed by atoms with Crippen molar-refractivity contribution in [3.8, 4) is 0 Å². The lowest BCUT2D eigenvalue weighted by molar-refractivity contribution is 0.0539. The van der Waals surface area contributed by atoms with Crippen molar-refractivity contribution in [3.63, 3.8) is 0 Å². The largest absolute Gasteiger partial charge is 0.393 e. The van der Waals surface area contributed by atoms with E-state index in [1.807, 2.05) is 0 Å². The van der Waals surface area contributed by atoms with Gasteiger partial charge in [0, 0.05) is 5.92 Å². The second kappa shape index (κ2) is 2.76. The molecule has 0 spiro atoms. The summed E-state index contributed by atoms with van der Waals surface area (Å²) in [4.78, 5) is 0. The van der Waals surface area contributed by atoms with Gasteiger partial charge in [-0.1, -0.05) is 12.8 Å². The van der Waals surface area contributed by atoms with Crippen LogP contribution < -0.4 is 0 Å². The van der Waals surface area contributed by atoms with Gasteiger partial charge < -0.3 is 9.84 Å². The topological polar surface area (TPSA) is 32.8 Å². The summed E-state index contributed by atoms with van der Waals surface area (Å²) in [6.45, 7) is 2.09. The SMILES string of the molecule is CC1OC1C1CCCCC1O. The standard InChI is InChI=1S/C9H16O2/c1-6-9(11-6)7-4-2-3-5-8(7)10/h6-10H,2-5H2,1H3. The minimum atomic E-state index is -0.0845. The van der Waals surface area contributed by atoms with Gasteiger partial charge in [0.15, 0.2) is 0 Å². The van der Waals surface area contributed by atoms with Crippen LogP contribution in [0.4, 0.5) is 0 Å². The first-order valence-electron chi connectivity index (χ1n) is 4.62. The maximum Gasteiger partial charge on any atom is 0.0891 e. The van der Waals surface area contributed by atoms with Gasteiger partial charge in [-0.25, -0.2) is 0 Å². The molecular formula is C9H16O2. The third-order valence-electron chi connectivity index (χ3n) is 2.96. The van der Waals surface area contributed by atoms with E-state index < -0.39 is 0 Å². The quantitative estimate of drug-likeness (QED) is 0.581. The highest BCUT2D eigenvalue weighted by atomic mass is 16.6. The van der Waals surface area contributed by atoms with E-state index in [4.69, 9.17) is 4.74 Å². The lowest BCUT2D eigenvalue weighted by atomic mass is 9.83. The highest BCUT2D eigenvalue weighted by Gasteiger charge is 2.44. The van der Waals surface area contributed by atoms with Crippen LogP contribution in [0, 0.1) is 5.92 Å². The van der Waals surface area contributed by atoms with E-state index in [0.717, 1.165) is 12.8 Å². The number of hydrogen-bond acceptors (Lipinski definition) is 2. The van der Waals surface area contributed by atoms with Gasteiger partial charge in [-0.3, -0.25) is 0 Å². The van der Waals surface area contributed by atoms with E-state index in [0.29, 0.717) is 18.1 Å². The van der Waals surface area contributed by atoms with Crippen molar-refractivity contribution < 1.29 is 9.84 Å². The van der Waals surface area contributed by atoms with Crippen LogP contribution in [-0.4, -0.2) is 23.4 Å². The highest BCUT2D eigenvalue weighted by molar-refractivity contribution is 4.92. The average Bonchev–Trinajstić information content (AvgIpc) is 2.68. The van der Waals surface area contributed by atoms with Gasteiger partial charge in [0.2, 0.25) is 0 Å². The third-order valence-corrected chi connectivity index (χ3v) is 2.96. The highest BCUT2D eigenvalue weighted by Crippen LogP contribution is 2.38. The summed E-state index contributed by atoms with van der Waals surface area (Å²) in [5.41, 5.74) is 0. The molecule has 1 saturated heterocycles. The van der Waals surface area contributed by atoms with Crippen LogP contribution in [0.2, 0.25) is 0 Å². The summed E-state index contributed by atoms with van der Waals surface area (Å²) < 4.78 is 5.37. The monoisotopic (exact) mass is 156 g/mol. The van der Waals surface area contributed by atoms with Gasteiger partial charge in [-0.2, -0.15) is 0 Å². The summed E-state index contributed by atoms with van der Waals surface area (Å²) >= 11 is 0. The van der Waals surface area contributed by atoms with Crippen LogP contribution in [-0.2, 0) is 4.74 Å². The minimum Gasteiger partial charge on any atom is -0.393 e. The second-order valence-electron chi connectivity index (χ2n) is 3.82. The molecule has 0 radical (unpaired) electrons. The molecule has 1 aliphatic heterocycles. The Bertz CT molecular complexity index is 144.